The first-order valence-corrected chi connectivity index (χ1v) is 9.19. The van der Waals surface area contributed by atoms with Crippen molar-refractivity contribution in [2.24, 2.45) is 5.41 Å². The van der Waals surface area contributed by atoms with Crippen LogP contribution in [-0.2, 0) is 16.1 Å². The summed E-state index contributed by atoms with van der Waals surface area (Å²) in [4.78, 5) is 18.9. The van der Waals surface area contributed by atoms with Gasteiger partial charge in [0.1, 0.15) is 0 Å². The van der Waals surface area contributed by atoms with E-state index < -0.39 is 0 Å². The first-order chi connectivity index (χ1) is 12.8. The molecule has 2 aromatic rings. The number of piperidine rings is 1. The number of rotatable bonds is 5. The highest BCUT2D eigenvalue weighted by molar-refractivity contribution is 5.94. The van der Waals surface area contributed by atoms with E-state index >= 15 is 0 Å². The summed E-state index contributed by atoms with van der Waals surface area (Å²) in [5.74, 6) is 0.101. The van der Waals surface area contributed by atoms with Crippen LogP contribution in [0, 0.1) is 5.41 Å². The van der Waals surface area contributed by atoms with E-state index in [1.165, 1.54) is 0 Å². The molecule has 0 N–H and O–H groups in total. The molecule has 26 heavy (non-hydrogen) atoms. The fraction of sp³-hybridized carbons (Fsp3) is 0.429. The van der Waals surface area contributed by atoms with Gasteiger partial charge in [0.05, 0.1) is 19.3 Å². The molecule has 2 saturated heterocycles. The summed E-state index contributed by atoms with van der Waals surface area (Å²) >= 11 is 0. The molecular formula is C21H24N2O3. The van der Waals surface area contributed by atoms with Crippen molar-refractivity contribution in [3.8, 4) is 0 Å². The second kappa shape index (κ2) is 7.56. The van der Waals surface area contributed by atoms with Crippen LogP contribution in [0.2, 0.25) is 0 Å². The van der Waals surface area contributed by atoms with Gasteiger partial charge in [0, 0.05) is 43.1 Å². The number of fused-ring (bicyclic) bond motifs is 1. The second-order valence-corrected chi connectivity index (χ2v) is 7.20. The first kappa shape index (κ1) is 17.2. The largest absolute Gasteiger partial charge is 0.377 e. The van der Waals surface area contributed by atoms with Crippen molar-refractivity contribution >= 4 is 5.91 Å². The molecule has 0 bridgehead atoms. The highest BCUT2D eigenvalue weighted by atomic mass is 16.5. The maximum Gasteiger partial charge on any atom is 0.253 e. The molecule has 0 spiro atoms. The summed E-state index contributed by atoms with van der Waals surface area (Å²) in [6, 6.07) is 13.4. The number of amides is 1. The molecular weight excluding hydrogens is 328 g/mol. The quantitative estimate of drug-likeness (QED) is 0.830. The van der Waals surface area contributed by atoms with Crippen LogP contribution in [0.15, 0.2) is 54.9 Å². The van der Waals surface area contributed by atoms with E-state index in [1.807, 2.05) is 47.4 Å². The molecule has 1 aromatic heterocycles. The highest BCUT2D eigenvalue weighted by Crippen LogP contribution is 2.41. The van der Waals surface area contributed by atoms with Crippen molar-refractivity contribution in [2.45, 2.75) is 25.6 Å². The molecule has 1 aromatic carbocycles. The number of likely N-dealkylation sites (tertiary alicyclic amines) is 1. The summed E-state index contributed by atoms with van der Waals surface area (Å²) in [6.45, 7) is 3.35. The number of benzene rings is 1. The van der Waals surface area contributed by atoms with Gasteiger partial charge in [-0.2, -0.15) is 0 Å². The fourth-order valence-corrected chi connectivity index (χ4v) is 4.04. The van der Waals surface area contributed by atoms with E-state index in [0.29, 0.717) is 19.8 Å². The Balaban J connectivity index is 1.43. The Morgan fingerprint density at radius 1 is 1.23 bits per heavy atom. The minimum atomic E-state index is -0.101. The van der Waals surface area contributed by atoms with Crippen LogP contribution in [-0.4, -0.2) is 48.2 Å². The third-order valence-corrected chi connectivity index (χ3v) is 5.48. The highest BCUT2D eigenvalue weighted by Gasteiger charge is 2.49. The number of pyridine rings is 1. The molecule has 4 rings (SSSR count). The lowest BCUT2D eigenvalue weighted by Crippen LogP contribution is -2.53. The summed E-state index contributed by atoms with van der Waals surface area (Å²) in [6.07, 6.45) is 5.54. The Morgan fingerprint density at radius 3 is 2.85 bits per heavy atom. The van der Waals surface area contributed by atoms with E-state index in [9.17, 15) is 4.79 Å². The zero-order valence-electron chi connectivity index (χ0n) is 14.8. The van der Waals surface area contributed by atoms with Crippen LogP contribution in [0.4, 0.5) is 0 Å². The van der Waals surface area contributed by atoms with Gasteiger partial charge in [-0.1, -0.05) is 18.2 Å². The van der Waals surface area contributed by atoms with E-state index in [1.54, 1.807) is 12.4 Å². The van der Waals surface area contributed by atoms with Gasteiger partial charge in [-0.3, -0.25) is 9.78 Å². The SMILES string of the molecule is O=C(c1ccccc1)N1CC[C@@H]2OCC[C@]2(COCc2ccncc2)C1. The Labute approximate surface area is 153 Å². The van der Waals surface area contributed by atoms with Gasteiger partial charge in [0.25, 0.3) is 5.91 Å². The van der Waals surface area contributed by atoms with Gasteiger partial charge >= 0.3 is 0 Å². The molecule has 1 amide bonds. The van der Waals surface area contributed by atoms with Crippen molar-refractivity contribution in [1.29, 1.82) is 0 Å². The monoisotopic (exact) mass is 352 g/mol. The minimum Gasteiger partial charge on any atom is -0.377 e. The van der Waals surface area contributed by atoms with Gasteiger partial charge in [-0.25, -0.2) is 0 Å². The number of nitrogens with zero attached hydrogens (tertiary/aromatic N) is 2. The number of hydrogen-bond acceptors (Lipinski definition) is 4. The molecule has 0 aliphatic carbocycles. The van der Waals surface area contributed by atoms with Crippen molar-refractivity contribution in [3.63, 3.8) is 0 Å². The standard InChI is InChI=1S/C21H24N2O3/c24-20(18-4-2-1-3-5-18)23-12-8-19-21(15-23,9-13-26-19)16-25-14-17-6-10-22-11-7-17/h1-7,10-11,19H,8-9,12-16H2/t19-,21+/m0/s1. The van der Waals surface area contributed by atoms with E-state index in [2.05, 4.69) is 4.98 Å². The molecule has 3 heterocycles. The molecule has 2 fully saturated rings. The smallest absolute Gasteiger partial charge is 0.253 e. The topological polar surface area (TPSA) is 51.7 Å². The third kappa shape index (κ3) is 3.50. The maximum atomic E-state index is 12.9. The van der Waals surface area contributed by atoms with Crippen LogP contribution in [0.5, 0.6) is 0 Å². The summed E-state index contributed by atoms with van der Waals surface area (Å²) < 4.78 is 12.0. The predicted octanol–water partition coefficient (Wildman–Crippen LogP) is 2.92. The van der Waals surface area contributed by atoms with Crippen molar-refractivity contribution in [3.05, 3.63) is 66.0 Å². The third-order valence-electron chi connectivity index (χ3n) is 5.48. The lowest BCUT2D eigenvalue weighted by Gasteiger charge is -2.43. The predicted molar refractivity (Wildman–Crippen MR) is 97.6 cm³/mol. The lowest BCUT2D eigenvalue weighted by molar-refractivity contribution is -0.0602. The Hall–Kier alpha value is -2.24. The zero-order chi connectivity index (χ0) is 17.8. The average molecular weight is 352 g/mol. The summed E-state index contributed by atoms with van der Waals surface area (Å²) in [7, 11) is 0. The molecule has 0 radical (unpaired) electrons. The van der Waals surface area contributed by atoms with Gasteiger partial charge in [0.15, 0.2) is 0 Å². The van der Waals surface area contributed by atoms with E-state index in [4.69, 9.17) is 9.47 Å². The number of aromatic nitrogens is 1. The Bertz CT molecular complexity index is 737. The molecule has 5 nitrogen and oxygen atoms in total. The molecule has 2 atom stereocenters. The summed E-state index contributed by atoms with van der Waals surface area (Å²) in [5, 5.41) is 0. The maximum absolute atomic E-state index is 12.9. The molecule has 0 saturated carbocycles. The molecule has 0 unspecified atom stereocenters. The van der Waals surface area contributed by atoms with E-state index in [0.717, 1.165) is 37.1 Å². The Kier molecular flexibility index (Phi) is 5.00. The van der Waals surface area contributed by atoms with Gasteiger partial charge in [0.2, 0.25) is 0 Å². The average Bonchev–Trinajstić information content (AvgIpc) is 3.12. The van der Waals surface area contributed by atoms with Crippen molar-refractivity contribution in [1.82, 2.24) is 9.88 Å². The minimum absolute atomic E-state index is 0.101. The van der Waals surface area contributed by atoms with Crippen LogP contribution in [0.3, 0.4) is 0 Å². The number of carbonyl (C=O) groups is 1. The zero-order valence-corrected chi connectivity index (χ0v) is 14.8. The van der Waals surface area contributed by atoms with Crippen LogP contribution in [0.25, 0.3) is 0 Å². The van der Waals surface area contributed by atoms with Crippen LogP contribution >= 0.6 is 0 Å². The summed E-state index contributed by atoms with van der Waals surface area (Å²) in [5.41, 5.74) is 1.76. The van der Waals surface area contributed by atoms with Crippen LogP contribution < -0.4 is 0 Å². The molecule has 2 aliphatic heterocycles. The molecule has 136 valence electrons. The Morgan fingerprint density at radius 2 is 2.04 bits per heavy atom. The van der Waals surface area contributed by atoms with Gasteiger partial charge in [-0.15, -0.1) is 0 Å². The number of ether oxygens (including phenoxy) is 2. The first-order valence-electron chi connectivity index (χ1n) is 9.19. The normalized spacial score (nSPS) is 25.1. The van der Waals surface area contributed by atoms with Crippen LogP contribution in [0.1, 0.15) is 28.8 Å². The number of carbonyl (C=O) groups excluding carboxylic acids is 1. The lowest BCUT2D eigenvalue weighted by atomic mass is 9.77. The second-order valence-electron chi connectivity index (χ2n) is 7.20. The van der Waals surface area contributed by atoms with Gasteiger partial charge < -0.3 is 14.4 Å². The van der Waals surface area contributed by atoms with Crippen molar-refractivity contribution < 1.29 is 14.3 Å². The van der Waals surface area contributed by atoms with Gasteiger partial charge in [-0.05, 0) is 42.7 Å². The van der Waals surface area contributed by atoms with E-state index in [-0.39, 0.29) is 17.4 Å². The molecule has 2 aliphatic rings. The number of hydrogen-bond donors (Lipinski definition) is 0. The van der Waals surface area contributed by atoms with Crippen molar-refractivity contribution in [2.75, 3.05) is 26.3 Å². The fourth-order valence-electron chi connectivity index (χ4n) is 4.04. The molecule has 5 heteroatoms.